The molecule has 0 spiro atoms. The van der Waals surface area contributed by atoms with Crippen LogP contribution >= 0.6 is 0 Å². The highest BCUT2D eigenvalue weighted by Gasteiger charge is 2.22. The first-order valence-electron chi connectivity index (χ1n) is 2.32. The van der Waals surface area contributed by atoms with Crippen molar-refractivity contribution >= 4 is 11.2 Å². The minimum Gasteiger partial charge on any atom is -0.616 e. The zero-order chi connectivity index (χ0) is 5.28. The van der Waals surface area contributed by atoms with Crippen LogP contribution < -0.4 is 0 Å². The van der Waals surface area contributed by atoms with Crippen LogP contribution in [0.1, 0.15) is 6.42 Å². The zero-order valence-corrected chi connectivity index (χ0v) is 4.78. The van der Waals surface area contributed by atoms with Gasteiger partial charge >= 0.3 is 0 Å². The van der Waals surface area contributed by atoms with Gasteiger partial charge in [-0.05, 0) is 0 Å². The largest absolute Gasteiger partial charge is 0.616 e. The van der Waals surface area contributed by atoms with E-state index in [0.717, 1.165) is 6.42 Å². The summed E-state index contributed by atoms with van der Waals surface area (Å²) in [4.78, 5) is 0. The highest BCUT2D eigenvalue weighted by atomic mass is 32.2. The molecule has 0 amide bonds. The summed E-state index contributed by atoms with van der Waals surface area (Å²) < 4.78 is 10.4. The maximum absolute atomic E-state index is 10.4. The molecule has 7 heavy (non-hydrogen) atoms. The summed E-state index contributed by atoms with van der Waals surface area (Å²) in [6.07, 6.45) is 0.452. The van der Waals surface area contributed by atoms with Gasteiger partial charge in [0.2, 0.25) is 0 Å². The quantitative estimate of drug-likeness (QED) is 0.438. The van der Waals surface area contributed by atoms with Crippen molar-refractivity contribution < 1.29 is 9.66 Å². The Morgan fingerprint density at radius 1 is 1.71 bits per heavy atom. The van der Waals surface area contributed by atoms with Gasteiger partial charge in [-0.1, -0.05) is 11.2 Å². The number of aliphatic hydroxyl groups is 1. The van der Waals surface area contributed by atoms with Gasteiger partial charge in [0, 0.05) is 6.42 Å². The Morgan fingerprint density at radius 2 is 2.43 bits per heavy atom. The minimum atomic E-state index is -0.703. The van der Waals surface area contributed by atoms with E-state index >= 15 is 0 Å². The van der Waals surface area contributed by atoms with Crippen LogP contribution in [-0.4, -0.2) is 27.3 Å². The topological polar surface area (TPSA) is 43.3 Å². The van der Waals surface area contributed by atoms with Crippen LogP contribution in [0.15, 0.2) is 0 Å². The molecule has 1 fully saturated rings. The van der Waals surface area contributed by atoms with Gasteiger partial charge in [0.25, 0.3) is 0 Å². The zero-order valence-electron chi connectivity index (χ0n) is 3.96. The predicted octanol–water partition coefficient (Wildman–Crippen LogP) is -0.500. The van der Waals surface area contributed by atoms with E-state index in [4.69, 9.17) is 5.11 Å². The summed E-state index contributed by atoms with van der Waals surface area (Å²) in [5.41, 5.74) is 0. The highest BCUT2D eigenvalue weighted by Crippen LogP contribution is 2.09. The Kier molecular flexibility index (Phi) is 1.57. The molecule has 1 heterocycles. The SMILES string of the molecule is [O-][S+]1CCC(O)C1. The summed E-state index contributed by atoms with van der Waals surface area (Å²) in [5.74, 6) is 1.20. The molecule has 0 bridgehead atoms. The molecule has 1 aliphatic heterocycles. The summed E-state index contributed by atoms with van der Waals surface area (Å²) in [7, 11) is 0. The number of hydrogen-bond acceptors (Lipinski definition) is 2. The molecule has 2 nitrogen and oxygen atoms in total. The fourth-order valence-corrected chi connectivity index (χ4v) is 1.95. The molecule has 0 aromatic carbocycles. The molecule has 1 saturated heterocycles. The fraction of sp³-hybridized carbons (Fsp3) is 1.00. The molecule has 0 aliphatic carbocycles. The van der Waals surface area contributed by atoms with Crippen LogP contribution in [0.3, 0.4) is 0 Å². The van der Waals surface area contributed by atoms with Crippen LogP contribution in [0, 0.1) is 0 Å². The average Bonchev–Trinajstić information content (AvgIpc) is 1.87. The molecule has 2 unspecified atom stereocenters. The van der Waals surface area contributed by atoms with Crippen molar-refractivity contribution in [2.75, 3.05) is 11.5 Å². The van der Waals surface area contributed by atoms with E-state index < -0.39 is 11.2 Å². The van der Waals surface area contributed by atoms with Gasteiger partial charge in [0.1, 0.15) is 17.6 Å². The first-order chi connectivity index (χ1) is 3.29. The van der Waals surface area contributed by atoms with E-state index in [1.165, 1.54) is 0 Å². The Hall–Kier alpha value is 0.270. The lowest BCUT2D eigenvalue weighted by atomic mass is 10.3. The smallest absolute Gasteiger partial charge is 0.131 e. The van der Waals surface area contributed by atoms with Crippen molar-refractivity contribution in [2.45, 2.75) is 12.5 Å². The van der Waals surface area contributed by atoms with E-state index in [0.29, 0.717) is 11.5 Å². The second kappa shape index (κ2) is 2.03. The van der Waals surface area contributed by atoms with Crippen LogP contribution in [0.4, 0.5) is 0 Å². The van der Waals surface area contributed by atoms with Crippen molar-refractivity contribution in [3.05, 3.63) is 0 Å². The van der Waals surface area contributed by atoms with Crippen molar-refractivity contribution in [2.24, 2.45) is 0 Å². The lowest BCUT2D eigenvalue weighted by molar-refractivity contribution is 0.202. The van der Waals surface area contributed by atoms with Crippen molar-refractivity contribution in [1.82, 2.24) is 0 Å². The Morgan fingerprint density at radius 3 is 2.57 bits per heavy atom. The van der Waals surface area contributed by atoms with Gasteiger partial charge in [-0.15, -0.1) is 0 Å². The molecule has 0 aromatic heterocycles. The fourth-order valence-electron chi connectivity index (χ4n) is 0.649. The van der Waals surface area contributed by atoms with Crippen LogP contribution in [0.5, 0.6) is 0 Å². The number of hydrogen-bond donors (Lipinski definition) is 1. The van der Waals surface area contributed by atoms with E-state index in [1.54, 1.807) is 0 Å². The Balaban J connectivity index is 2.26. The van der Waals surface area contributed by atoms with Gasteiger partial charge in [-0.2, -0.15) is 0 Å². The van der Waals surface area contributed by atoms with E-state index in [1.807, 2.05) is 0 Å². The minimum absolute atomic E-state index is 0.277. The first-order valence-corrected chi connectivity index (χ1v) is 3.81. The molecular formula is C4H8O2S. The highest BCUT2D eigenvalue weighted by molar-refractivity contribution is 7.91. The standard InChI is InChI=1S/C4H8O2S/c5-4-1-2-7(6)3-4/h4-5H,1-3H2. The Labute approximate surface area is 45.7 Å². The van der Waals surface area contributed by atoms with Crippen LogP contribution in [-0.2, 0) is 11.2 Å². The molecule has 42 valence electrons. The molecule has 1 N–H and O–H groups in total. The van der Waals surface area contributed by atoms with Crippen molar-refractivity contribution in [3.63, 3.8) is 0 Å². The second-order valence-corrected chi connectivity index (χ2v) is 3.37. The predicted molar refractivity (Wildman–Crippen MR) is 28.5 cm³/mol. The summed E-state index contributed by atoms with van der Waals surface area (Å²) in [6, 6.07) is 0. The van der Waals surface area contributed by atoms with Crippen LogP contribution in [0.2, 0.25) is 0 Å². The maximum atomic E-state index is 10.4. The number of aliphatic hydroxyl groups excluding tert-OH is 1. The first kappa shape index (κ1) is 5.41. The third kappa shape index (κ3) is 1.33. The van der Waals surface area contributed by atoms with Gasteiger partial charge in [0.15, 0.2) is 0 Å². The Bertz CT molecular complexity index is 58.7. The third-order valence-electron chi connectivity index (χ3n) is 1.06. The monoisotopic (exact) mass is 120 g/mol. The third-order valence-corrected chi connectivity index (χ3v) is 2.50. The normalized spacial score (nSPS) is 42.0. The van der Waals surface area contributed by atoms with E-state index in [-0.39, 0.29) is 6.10 Å². The molecule has 1 rings (SSSR count). The summed E-state index contributed by atoms with van der Waals surface area (Å²) in [6.45, 7) is 0. The van der Waals surface area contributed by atoms with Gasteiger partial charge in [-0.3, -0.25) is 0 Å². The van der Waals surface area contributed by atoms with Crippen LogP contribution in [0.25, 0.3) is 0 Å². The number of rotatable bonds is 0. The summed E-state index contributed by atoms with van der Waals surface area (Å²) >= 11 is -0.703. The molecule has 2 atom stereocenters. The van der Waals surface area contributed by atoms with Gasteiger partial charge in [-0.25, -0.2) is 0 Å². The molecule has 0 aromatic rings. The van der Waals surface area contributed by atoms with E-state index in [2.05, 4.69) is 0 Å². The maximum Gasteiger partial charge on any atom is 0.131 e. The molecule has 0 saturated carbocycles. The van der Waals surface area contributed by atoms with Gasteiger partial charge < -0.3 is 9.66 Å². The second-order valence-electron chi connectivity index (χ2n) is 1.75. The summed E-state index contributed by atoms with van der Waals surface area (Å²) in [5, 5.41) is 8.71. The molecule has 1 aliphatic rings. The van der Waals surface area contributed by atoms with E-state index in [9.17, 15) is 4.55 Å². The lowest BCUT2D eigenvalue weighted by Gasteiger charge is -1.97. The molecule has 3 heteroatoms. The lowest BCUT2D eigenvalue weighted by Crippen LogP contribution is -2.07. The average molecular weight is 120 g/mol. The van der Waals surface area contributed by atoms with Crippen molar-refractivity contribution in [3.8, 4) is 0 Å². The molecule has 0 radical (unpaired) electrons. The van der Waals surface area contributed by atoms with Gasteiger partial charge in [0.05, 0.1) is 0 Å². The molecular weight excluding hydrogens is 112 g/mol. The van der Waals surface area contributed by atoms with Crippen molar-refractivity contribution in [1.29, 1.82) is 0 Å².